The van der Waals surface area contributed by atoms with Gasteiger partial charge in [0.1, 0.15) is 0 Å². The molecule has 0 radical (unpaired) electrons. The summed E-state index contributed by atoms with van der Waals surface area (Å²) in [5.41, 5.74) is 28.7. The lowest BCUT2D eigenvalue weighted by atomic mass is 9.90. The third-order valence-corrected chi connectivity index (χ3v) is 11.7. The fourth-order valence-corrected chi connectivity index (χ4v) is 8.94. The Morgan fingerprint density at radius 2 is 0.746 bits per heavy atom. The minimum absolute atomic E-state index is 0.527. The Balaban J connectivity index is 0.993. The zero-order valence-electron chi connectivity index (χ0n) is 32.0. The average Bonchev–Trinajstić information content (AvgIpc) is 3.81. The highest BCUT2D eigenvalue weighted by atomic mass is 15.4. The number of hydrogen-bond acceptors (Lipinski definition) is 5. The number of aromatic nitrogens is 2. The van der Waals surface area contributed by atoms with Crippen LogP contribution in [0.3, 0.4) is 0 Å². The number of fused-ring (bicyclic) bond motifs is 8. The summed E-state index contributed by atoms with van der Waals surface area (Å²) in [6.45, 7) is 0. The normalized spacial score (nSPS) is 15.3. The number of anilines is 2. The Morgan fingerprint density at radius 3 is 1.22 bits per heavy atom. The van der Waals surface area contributed by atoms with Gasteiger partial charge in [0.25, 0.3) is 0 Å². The molecule has 282 valence electrons. The van der Waals surface area contributed by atoms with Crippen LogP contribution in [0, 0.1) is 0 Å². The van der Waals surface area contributed by atoms with Crippen molar-refractivity contribution in [2.45, 2.75) is 0 Å². The van der Waals surface area contributed by atoms with Crippen LogP contribution < -0.4 is 27.6 Å². The second-order valence-electron chi connectivity index (χ2n) is 14.9. The molecule has 0 amide bonds. The predicted molar refractivity (Wildman–Crippen MR) is 247 cm³/mol. The molecular formula is C52H39N7. The molecule has 0 fully saturated rings. The maximum absolute atomic E-state index is 7.20. The van der Waals surface area contributed by atoms with Crippen LogP contribution in [0.15, 0.2) is 194 Å². The van der Waals surface area contributed by atoms with Crippen LogP contribution in [0.5, 0.6) is 0 Å². The highest BCUT2D eigenvalue weighted by molar-refractivity contribution is 6.11. The molecule has 0 atom stereocenters. The highest BCUT2D eigenvalue weighted by Crippen LogP contribution is 2.41. The van der Waals surface area contributed by atoms with E-state index in [9.17, 15) is 0 Å². The van der Waals surface area contributed by atoms with Crippen molar-refractivity contribution in [3.63, 3.8) is 0 Å². The van der Waals surface area contributed by atoms with E-state index in [1.54, 1.807) is 5.01 Å². The van der Waals surface area contributed by atoms with Crippen molar-refractivity contribution in [1.82, 2.24) is 9.13 Å². The molecule has 11 rings (SSSR count). The standard InChI is InChI=1S/C52H39N7/c53-49-41-17-1-2-18-42(41)50(54)52(59(55)36-31-29-35(30-32-36)58-47-23-11-7-15-39(47)40-16-8-12-24-48(40)58)44-20-4-3-19-43(44)51(49)56-33-25-27-34(28-26-33)57-45-21-9-5-13-37(45)38-14-6-10-22-46(38)57/h1-32,56H,53-55H2/b49-41?,50-42?,51-43?,51-49-,52-44?,52-50-. The largest absolute Gasteiger partial charge is 0.397 e. The fourth-order valence-electron chi connectivity index (χ4n) is 8.94. The summed E-state index contributed by atoms with van der Waals surface area (Å²) >= 11 is 0. The van der Waals surface area contributed by atoms with E-state index in [0.717, 1.165) is 72.8 Å². The lowest BCUT2D eigenvalue weighted by Crippen LogP contribution is -2.32. The van der Waals surface area contributed by atoms with Gasteiger partial charge in [0.05, 0.1) is 50.5 Å². The van der Waals surface area contributed by atoms with Crippen LogP contribution in [-0.4, -0.2) is 9.13 Å². The number of benzene rings is 8. The Bertz CT molecular complexity index is 3220. The average molecular weight is 762 g/mol. The second kappa shape index (κ2) is 13.6. The summed E-state index contributed by atoms with van der Waals surface area (Å²) in [5.74, 6) is 7.20. The first-order chi connectivity index (χ1) is 29.0. The Labute approximate surface area is 341 Å². The number of nitrogens with zero attached hydrogens (tertiary/aromatic N) is 3. The van der Waals surface area contributed by atoms with Gasteiger partial charge < -0.3 is 25.9 Å². The molecule has 59 heavy (non-hydrogen) atoms. The van der Waals surface area contributed by atoms with Gasteiger partial charge in [-0.05, 0) is 72.8 Å². The molecule has 7 heteroatoms. The lowest BCUT2D eigenvalue weighted by molar-refractivity contribution is 1.09. The molecule has 10 aromatic rings. The molecule has 0 aliphatic heterocycles. The van der Waals surface area contributed by atoms with Gasteiger partial charge in [-0.25, -0.2) is 5.84 Å². The van der Waals surface area contributed by atoms with Crippen molar-refractivity contribution in [3.05, 3.63) is 216 Å². The van der Waals surface area contributed by atoms with Gasteiger partial charge in [0.2, 0.25) is 0 Å². The van der Waals surface area contributed by atoms with Crippen molar-refractivity contribution in [3.8, 4) is 11.4 Å². The van der Waals surface area contributed by atoms with E-state index in [4.69, 9.17) is 17.3 Å². The van der Waals surface area contributed by atoms with Crippen molar-refractivity contribution < 1.29 is 0 Å². The number of hydrazine groups is 1. The predicted octanol–water partition coefficient (Wildman–Crippen LogP) is 11.3. The smallest absolute Gasteiger partial charge is 0.0890 e. The molecule has 8 aromatic carbocycles. The molecule has 1 aliphatic carbocycles. The Hall–Kier alpha value is -8.00. The van der Waals surface area contributed by atoms with Crippen LogP contribution >= 0.6 is 0 Å². The van der Waals surface area contributed by atoms with Crippen LogP contribution in [-0.2, 0) is 0 Å². The van der Waals surface area contributed by atoms with E-state index in [-0.39, 0.29) is 0 Å². The van der Waals surface area contributed by atoms with Crippen molar-refractivity contribution >= 4 is 77.8 Å². The second-order valence-corrected chi connectivity index (χ2v) is 14.9. The van der Waals surface area contributed by atoms with Gasteiger partial charge >= 0.3 is 0 Å². The molecule has 0 bridgehead atoms. The van der Waals surface area contributed by atoms with E-state index >= 15 is 0 Å². The molecule has 2 aromatic heterocycles. The SMILES string of the molecule is N/C1=C(\Nc2ccc(-n3c4ccccc4c4ccccc43)cc2)c2ccccc2/C(N(N)c2ccc(-n3c4ccccc4c4ccccc43)cc2)=C(/N)c2ccccc21. The topological polar surface area (TPSA) is 103 Å². The highest BCUT2D eigenvalue weighted by Gasteiger charge is 2.27. The van der Waals surface area contributed by atoms with Gasteiger partial charge in [-0.15, -0.1) is 0 Å². The van der Waals surface area contributed by atoms with Gasteiger partial charge in [0.15, 0.2) is 0 Å². The van der Waals surface area contributed by atoms with Crippen LogP contribution in [0.25, 0.3) is 77.8 Å². The monoisotopic (exact) mass is 761 g/mol. The molecule has 7 N–H and O–H groups in total. The van der Waals surface area contributed by atoms with Crippen molar-refractivity contribution in [2.75, 3.05) is 10.3 Å². The van der Waals surface area contributed by atoms with Gasteiger partial charge in [0, 0.05) is 60.9 Å². The van der Waals surface area contributed by atoms with E-state index in [2.05, 4.69) is 172 Å². The molecule has 7 nitrogen and oxygen atoms in total. The number of nitrogens with one attached hydrogen (secondary N) is 1. The van der Waals surface area contributed by atoms with E-state index in [0.29, 0.717) is 17.1 Å². The molecule has 0 spiro atoms. The van der Waals surface area contributed by atoms with E-state index in [1.165, 1.54) is 21.5 Å². The van der Waals surface area contributed by atoms with E-state index < -0.39 is 0 Å². The third-order valence-electron chi connectivity index (χ3n) is 11.7. The van der Waals surface area contributed by atoms with Crippen LogP contribution in [0.1, 0.15) is 22.3 Å². The Morgan fingerprint density at radius 1 is 0.373 bits per heavy atom. The number of para-hydroxylation sites is 4. The summed E-state index contributed by atoms with van der Waals surface area (Å²) in [6, 6.07) is 67.1. The number of rotatable bonds is 6. The number of nitrogens with two attached hydrogens (primary N) is 3. The molecule has 0 saturated heterocycles. The summed E-state index contributed by atoms with van der Waals surface area (Å²) in [6.07, 6.45) is 0. The third kappa shape index (κ3) is 5.40. The number of hydrogen-bond donors (Lipinski definition) is 4. The zero-order chi connectivity index (χ0) is 39.6. The minimum atomic E-state index is 0.527. The maximum atomic E-state index is 7.20. The summed E-state index contributed by atoms with van der Waals surface area (Å²) in [7, 11) is 0. The quantitative estimate of drug-likeness (QED) is 0.0998. The van der Waals surface area contributed by atoms with Crippen molar-refractivity contribution in [2.24, 2.45) is 17.3 Å². The van der Waals surface area contributed by atoms with Crippen molar-refractivity contribution in [1.29, 1.82) is 0 Å². The molecule has 2 heterocycles. The van der Waals surface area contributed by atoms with Gasteiger partial charge in [-0.2, -0.15) is 0 Å². The zero-order valence-corrected chi connectivity index (χ0v) is 32.0. The van der Waals surface area contributed by atoms with Crippen LogP contribution in [0.4, 0.5) is 11.4 Å². The molecular weight excluding hydrogens is 723 g/mol. The summed E-state index contributed by atoms with van der Waals surface area (Å²) < 4.78 is 4.61. The van der Waals surface area contributed by atoms with Crippen LogP contribution in [0.2, 0.25) is 0 Å². The summed E-state index contributed by atoms with van der Waals surface area (Å²) in [5, 5.41) is 10.3. The van der Waals surface area contributed by atoms with Gasteiger partial charge in [-0.3, -0.25) is 5.01 Å². The maximum Gasteiger partial charge on any atom is 0.0890 e. The summed E-state index contributed by atoms with van der Waals surface area (Å²) in [4.78, 5) is 0. The first kappa shape index (κ1) is 34.3. The fraction of sp³-hybridized carbons (Fsp3) is 0. The minimum Gasteiger partial charge on any atom is -0.397 e. The lowest BCUT2D eigenvalue weighted by Gasteiger charge is -2.30. The first-order valence-corrected chi connectivity index (χ1v) is 19.7. The molecule has 0 saturated carbocycles. The van der Waals surface area contributed by atoms with Gasteiger partial charge in [-0.1, -0.05) is 121 Å². The molecule has 1 aliphatic rings. The van der Waals surface area contributed by atoms with E-state index in [1.807, 2.05) is 36.4 Å². The Kier molecular flexibility index (Phi) is 7.89. The molecule has 0 unspecified atom stereocenters. The first-order valence-electron chi connectivity index (χ1n) is 19.7.